The molecule has 130 valence electrons. The van der Waals surface area contributed by atoms with Crippen LogP contribution in [0, 0.1) is 11.6 Å². The molecule has 1 fully saturated rings. The van der Waals surface area contributed by atoms with Crippen molar-refractivity contribution in [3.05, 3.63) is 48.1 Å². The second kappa shape index (κ2) is 7.53. The van der Waals surface area contributed by atoms with Crippen LogP contribution in [0.1, 0.15) is 24.8 Å². The number of carbonyl (C=O) groups is 2. The van der Waals surface area contributed by atoms with Gasteiger partial charge in [-0.3, -0.25) is 4.79 Å². The summed E-state index contributed by atoms with van der Waals surface area (Å²) in [6, 6.07) is 2.10. The van der Waals surface area contributed by atoms with E-state index in [0.717, 1.165) is 12.1 Å². The quantitative estimate of drug-likeness (QED) is 0.562. The summed E-state index contributed by atoms with van der Waals surface area (Å²) in [6.07, 6.45) is 2.60. The zero-order valence-electron chi connectivity index (χ0n) is 13.1. The second-order valence-electron chi connectivity index (χ2n) is 5.72. The summed E-state index contributed by atoms with van der Waals surface area (Å²) in [5.74, 6) is -3.59. The molecule has 1 aliphatic carbocycles. The van der Waals surface area contributed by atoms with E-state index in [1.807, 2.05) is 0 Å². The van der Waals surface area contributed by atoms with E-state index in [0.29, 0.717) is 6.42 Å². The summed E-state index contributed by atoms with van der Waals surface area (Å²) >= 11 is 0. The number of carboxylic acids is 1. The Morgan fingerprint density at radius 2 is 2.00 bits per heavy atom. The van der Waals surface area contributed by atoms with E-state index in [-0.39, 0.29) is 31.6 Å². The first-order valence-electron chi connectivity index (χ1n) is 7.59. The molecule has 1 aromatic rings. The number of halogens is 2. The molecule has 0 aliphatic heterocycles. The van der Waals surface area contributed by atoms with Crippen LogP contribution in [0.25, 0.3) is 0 Å². The van der Waals surface area contributed by atoms with Gasteiger partial charge in [0.05, 0.1) is 18.6 Å². The molecule has 0 aromatic heterocycles. The zero-order valence-corrected chi connectivity index (χ0v) is 13.1. The van der Waals surface area contributed by atoms with E-state index in [1.165, 1.54) is 12.1 Å². The maximum Gasteiger partial charge on any atom is 0.328 e. The monoisotopic (exact) mass is 339 g/mol. The van der Waals surface area contributed by atoms with Gasteiger partial charge >= 0.3 is 5.97 Å². The van der Waals surface area contributed by atoms with Crippen molar-refractivity contribution in [3.63, 3.8) is 0 Å². The molecule has 1 aromatic carbocycles. The number of hydrogen-bond acceptors (Lipinski definition) is 3. The lowest BCUT2D eigenvalue weighted by Crippen LogP contribution is -2.55. The summed E-state index contributed by atoms with van der Waals surface area (Å²) in [6.45, 7) is 3.31. The first-order chi connectivity index (χ1) is 11.4. The Morgan fingerprint density at radius 1 is 1.38 bits per heavy atom. The molecule has 0 spiro atoms. The van der Waals surface area contributed by atoms with Crippen molar-refractivity contribution in [2.75, 3.05) is 13.2 Å². The lowest BCUT2D eigenvalue weighted by atomic mass is 9.63. The SMILES string of the molecule is C=CCOCC(NC(=O)C1(c2c(F)cccc2F)CCC1)C(=O)O. The minimum absolute atomic E-state index is 0.132. The van der Waals surface area contributed by atoms with Gasteiger partial charge in [-0.15, -0.1) is 6.58 Å². The minimum Gasteiger partial charge on any atom is -0.480 e. The lowest BCUT2D eigenvalue weighted by molar-refractivity contribution is -0.145. The van der Waals surface area contributed by atoms with Crippen LogP contribution in [0.15, 0.2) is 30.9 Å². The number of benzene rings is 1. The lowest BCUT2D eigenvalue weighted by Gasteiger charge is -2.41. The van der Waals surface area contributed by atoms with Gasteiger partial charge in [0.25, 0.3) is 0 Å². The van der Waals surface area contributed by atoms with Crippen LogP contribution in [0.4, 0.5) is 8.78 Å². The number of carbonyl (C=O) groups excluding carboxylic acids is 1. The number of hydrogen-bond donors (Lipinski definition) is 2. The van der Waals surface area contributed by atoms with E-state index < -0.39 is 35.0 Å². The van der Waals surface area contributed by atoms with E-state index in [1.54, 1.807) is 0 Å². The normalized spacial score (nSPS) is 16.8. The number of amides is 1. The first kappa shape index (κ1) is 18.1. The molecule has 0 heterocycles. The number of nitrogens with one attached hydrogen (secondary N) is 1. The summed E-state index contributed by atoms with van der Waals surface area (Å²) in [5.41, 5.74) is -1.67. The van der Waals surface area contributed by atoms with Gasteiger partial charge < -0.3 is 15.2 Å². The molecule has 1 saturated carbocycles. The largest absolute Gasteiger partial charge is 0.480 e. The molecular formula is C17H19F2NO4. The summed E-state index contributed by atoms with van der Waals surface area (Å²) < 4.78 is 33.3. The zero-order chi connectivity index (χ0) is 17.7. The summed E-state index contributed by atoms with van der Waals surface area (Å²) in [7, 11) is 0. The summed E-state index contributed by atoms with van der Waals surface area (Å²) in [4.78, 5) is 23.9. The van der Waals surface area contributed by atoms with Gasteiger partial charge in [-0.05, 0) is 25.0 Å². The van der Waals surface area contributed by atoms with Crippen molar-refractivity contribution < 1.29 is 28.2 Å². The van der Waals surface area contributed by atoms with Crippen molar-refractivity contribution >= 4 is 11.9 Å². The van der Waals surface area contributed by atoms with Crippen molar-refractivity contribution in [1.82, 2.24) is 5.32 Å². The molecule has 1 amide bonds. The van der Waals surface area contributed by atoms with Gasteiger partial charge in [0.15, 0.2) is 6.04 Å². The Bertz CT molecular complexity index is 623. The molecule has 7 heteroatoms. The van der Waals surface area contributed by atoms with Crippen LogP contribution in [0.3, 0.4) is 0 Å². The van der Waals surface area contributed by atoms with Crippen molar-refractivity contribution in [2.24, 2.45) is 0 Å². The fourth-order valence-electron chi connectivity index (χ4n) is 2.82. The van der Waals surface area contributed by atoms with Crippen molar-refractivity contribution in [1.29, 1.82) is 0 Å². The Balaban J connectivity index is 2.22. The third-order valence-corrected chi connectivity index (χ3v) is 4.21. The highest BCUT2D eigenvalue weighted by atomic mass is 19.1. The van der Waals surface area contributed by atoms with Gasteiger partial charge in [0, 0.05) is 5.56 Å². The van der Waals surface area contributed by atoms with Gasteiger partial charge in [-0.25, -0.2) is 13.6 Å². The molecular weight excluding hydrogens is 320 g/mol. The van der Waals surface area contributed by atoms with Crippen LogP contribution in [-0.2, 0) is 19.7 Å². The number of ether oxygens (including phenoxy) is 1. The van der Waals surface area contributed by atoms with Crippen molar-refractivity contribution in [3.8, 4) is 0 Å². The molecule has 2 rings (SSSR count). The maximum absolute atomic E-state index is 14.1. The van der Waals surface area contributed by atoms with E-state index in [9.17, 15) is 23.5 Å². The summed E-state index contributed by atoms with van der Waals surface area (Å²) in [5, 5.41) is 11.5. The van der Waals surface area contributed by atoms with Crippen LogP contribution < -0.4 is 5.32 Å². The number of rotatable bonds is 8. The smallest absolute Gasteiger partial charge is 0.328 e. The first-order valence-corrected chi connectivity index (χ1v) is 7.59. The Labute approximate surface area is 138 Å². The van der Waals surface area contributed by atoms with Gasteiger partial charge in [0.1, 0.15) is 11.6 Å². The van der Waals surface area contributed by atoms with Crippen molar-refractivity contribution in [2.45, 2.75) is 30.7 Å². The molecule has 1 unspecified atom stereocenters. The fourth-order valence-corrected chi connectivity index (χ4v) is 2.82. The minimum atomic E-state index is -1.37. The molecule has 1 aliphatic rings. The molecule has 0 saturated heterocycles. The maximum atomic E-state index is 14.1. The van der Waals surface area contributed by atoms with E-state index >= 15 is 0 Å². The highest BCUT2D eigenvalue weighted by Crippen LogP contribution is 2.46. The second-order valence-corrected chi connectivity index (χ2v) is 5.72. The fraction of sp³-hybridized carbons (Fsp3) is 0.412. The molecule has 5 nitrogen and oxygen atoms in total. The van der Waals surface area contributed by atoms with E-state index in [4.69, 9.17) is 4.74 Å². The van der Waals surface area contributed by atoms with Crippen LogP contribution in [0.5, 0.6) is 0 Å². The van der Waals surface area contributed by atoms with Gasteiger partial charge in [0.2, 0.25) is 5.91 Å². The Hall–Kier alpha value is -2.28. The third-order valence-electron chi connectivity index (χ3n) is 4.21. The van der Waals surface area contributed by atoms with Crippen LogP contribution >= 0.6 is 0 Å². The predicted molar refractivity (Wildman–Crippen MR) is 82.5 cm³/mol. The molecule has 24 heavy (non-hydrogen) atoms. The van der Waals surface area contributed by atoms with Crippen LogP contribution in [-0.4, -0.2) is 36.2 Å². The van der Waals surface area contributed by atoms with Gasteiger partial charge in [-0.1, -0.05) is 18.6 Å². The topological polar surface area (TPSA) is 75.6 Å². The number of carboxylic acid groups (broad SMARTS) is 1. The average Bonchev–Trinajstić information content (AvgIpc) is 2.48. The Kier molecular flexibility index (Phi) is 5.66. The van der Waals surface area contributed by atoms with E-state index in [2.05, 4.69) is 11.9 Å². The molecule has 1 atom stereocenters. The third kappa shape index (κ3) is 3.46. The van der Waals surface area contributed by atoms with Crippen LogP contribution in [0.2, 0.25) is 0 Å². The molecule has 0 bridgehead atoms. The number of aliphatic carboxylic acids is 1. The Morgan fingerprint density at radius 3 is 2.46 bits per heavy atom. The standard InChI is InChI=1S/C17H19F2NO4/c1-2-9-24-10-13(15(21)22)20-16(23)17(7-4-8-17)14-11(18)5-3-6-12(14)19/h2-3,5-6,13H,1,4,7-10H2,(H,20,23)(H,21,22). The predicted octanol–water partition coefficient (Wildman–Crippen LogP) is 2.16. The average molecular weight is 339 g/mol. The molecule has 0 radical (unpaired) electrons. The molecule has 2 N–H and O–H groups in total. The highest BCUT2D eigenvalue weighted by molar-refractivity contribution is 5.92. The van der Waals surface area contributed by atoms with Gasteiger partial charge in [-0.2, -0.15) is 0 Å². The highest BCUT2D eigenvalue weighted by Gasteiger charge is 2.49.